The summed E-state index contributed by atoms with van der Waals surface area (Å²) in [6, 6.07) is 15.6. The number of aliphatic imine (C=N–C) groups is 1. The molecule has 1 amide bonds. The summed E-state index contributed by atoms with van der Waals surface area (Å²) in [5.41, 5.74) is 3.36. The molecule has 5 rings (SSSR count). The van der Waals surface area contributed by atoms with E-state index in [0.29, 0.717) is 28.2 Å². The maximum absolute atomic E-state index is 12.9. The number of ether oxygens (including phenoxy) is 1. The Labute approximate surface area is 221 Å². The van der Waals surface area contributed by atoms with Crippen LogP contribution in [0.25, 0.3) is 23.0 Å². The van der Waals surface area contributed by atoms with E-state index in [9.17, 15) is 4.79 Å². The van der Waals surface area contributed by atoms with E-state index in [1.807, 2.05) is 65.5 Å². The molecule has 0 bridgehead atoms. The lowest BCUT2D eigenvalue weighted by Crippen LogP contribution is -2.37. The highest BCUT2D eigenvalue weighted by molar-refractivity contribution is 8.18. The highest BCUT2D eigenvalue weighted by atomic mass is 35.5. The number of aromatic nitrogens is 2. The van der Waals surface area contributed by atoms with E-state index < -0.39 is 0 Å². The minimum absolute atomic E-state index is 0.201. The number of hydrogen-bond donors (Lipinski definition) is 0. The topological polar surface area (TPSA) is 59.7 Å². The number of likely N-dealkylation sites (tertiary alicyclic amines) is 1. The molecule has 0 aliphatic carbocycles. The van der Waals surface area contributed by atoms with E-state index in [4.69, 9.17) is 21.4 Å². The summed E-state index contributed by atoms with van der Waals surface area (Å²) in [7, 11) is 0. The van der Waals surface area contributed by atoms with Gasteiger partial charge in [-0.25, -0.2) is 4.68 Å². The second-order valence-corrected chi connectivity index (χ2v) is 10.6. The zero-order chi connectivity index (χ0) is 25.1. The van der Waals surface area contributed by atoms with Crippen molar-refractivity contribution in [2.75, 3.05) is 19.7 Å². The van der Waals surface area contributed by atoms with Crippen molar-refractivity contribution < 1.29 is 9.53 Å². The van der Waals surface area contributed by atoms with Gasteiger partial charge in [0, 0.05) is 30.4 Å². The van der Waals surface area contributed by atoms with Crippen LogP contribution in [0, 0.1) is 5.92 Å². The van der Waals surface area contributed by atoms with Gasteiger partial charge in [-0.3, -0.25) is 4.79 Å². The van der Waals surface area contributed by atoms with Gasteiger partial charge in [-0.15, -0.1) is 0 Å². The van der Waals surface area contributed by atoms with Gasteiger partial charge in [-0.1, -0.05) is 43.6 Å². The molecule has 0 N–H and O–H groups in total. The summed E-state index contributed by atoms with van der Waals surface area (Å²) in [6.45, 7) is 6.80. The van der Waals surface area contributed by atoms with Gasteiger partial charge >= 0.3 is 0 Å². The Morgan fingerprint density at radius 2 is 2.06 bits per heavy atom. The first kappa shape index (κ1) is 24.7. The Morgan fingerprint density at radius 1 is 1.22 bits per heavy atom. The number of carbonyl (C=O) groups is 1. The average Bonchev–Trinajstić information content (AvgIpc) is 3.48. The van der Waals surface area contributed by atoms with E-state index in [0.717, 1.165) is 53.6 Å². The number of carbonyl (C=O) groups excluding carboxylic acids is 1. The number of amidine groups is 1. The van der Waals surface area contributed by atoms with Crippen molar-refractivity contribution in [1.82, 2.24) is 14.7 Å². The lowest BCUT2D eigenvalue weighted by atomic mass is 10.0. The molecule has 1 fully saturated rings. The molecule has 8 heteroatoms. The normalized spacial score (nSPS) is 19.1. The van der Waals surface area contributed by atoms with E-state index in [1.165, 1.54) is 18.2 Å². The molecule has 1 atom stereocenters. The smallest absolute Gasteiger partial charge is 0.286 e. The molecule has 3 heterocycles. The molecule has 0 unspecified atom stereocenters. The zero-order valence-electron chi connectivity index (χ0n) is 20.5. The van der Waals surface area contributed by atoms with Crippen LogP contribution in [0.4, 0.5) is 0 Å². The predicted molar refractivity (Wildman–Crippen MR) is 148 cm³/mol. The van der Waals surface area contributed by atoms with Gasteiger partial charge in [0.15, 0.2) is 5.17 Å². The minimum Gasteiger partial charge on any atom is -0.492 e. The maximum atomic E-state index is 12.9. The molecule has 0 spiro atoms. The van der Waals surface area contributed by atoms with Crippen LogP contribution in [-0.2, 0) is 4.79 Å². The number of hydrogen-bond acceptors (Lipinski definition) is 5. The van der Waals surface area contributed by atoms with Crippen molar-refractivity contribution in [2.45, 2.75) is 33.1 Å². The number of amides is 1. The van der Waals surface area contributed by atoms with Crippen molar-refractivity contribution in [3.63, 3.8) is 0 Å². The molecule has 2 aromatic carbocycles. The lowest BCUT2D eigenvalue weighted by Gasteiger charge is -2.31. The molecule has 1 saturated heterocycles. The molecule has 6 nitrogen and oxygen atoms in total. The first-order valence-electron chi connectivity index (χ1n) is 12.4. The fourth-order valence-corrected chi connectivity index (χ4v) is 5.62. The first-order chi connectivity index (χ1) is 17.5. The molecule has 3 aromatic rings. The van der Waals surface area contributed by atoms with Crippen molar-refractivity contribution in [1.29, 1.82) is 0 Å². The Morgan fingerprint density at radius 3 is 2.81 bits per heavy atom. The number of para-hydroxylation sites is 1. The number of benzene rings is 2. The van der Waals surface area contributed by atoms with Gasteiger partial charge in [0.05, 0.1) is 22.2 Å². The standard InChI is InChI=1S/C28H29ClN4O2S/c1-3-14-35-24-12-11-20(15-23(24)29)26-21(18-33(31-26)22-9-5-4-6-10-22)16-25-27(34)30-28(36-25)32-13-7-8-19(2)17-32/h4-6,9-12,15-16,18-19H,3,7-8,13-14,17H2,1-2H3/b25-16-/t19-/m0/s1. The van der Waals surface area contributed by atoms with Crippen LogP contribution in [0.1, 0.15) is 38.7 Å². The summed E-state index contributed by atoms with van der Waals surface area (Å²) in [4.78, 5) is 20.1. The van der Waals surface area contributed by atoms with Gasteiger partial charge in [0.2, 0.25) is 0 Å². The summed E-state index contributed by atoms with van der Waals surface area (Å²) in [6.07, 6.45) is 7.10. The molecule has 1 aromatic heterocycles. The third-order valence-electron chi connectivity index (χ3n) is 6.25. The van der Waals surface area contributed by atoms with Gasteiger partial charge < -0.3 is 9.64 Å². The van der Waals surface area contributed by atoms with Crippen LogP contribution < -0.4 is 4.74 Å². The number of rotatable bonds is 6. The molecule has 0 saturated carbocycles. The van der Waals surface area contributed by atoms with Gasteiger partial charge in [0.1, 0.15) is 11.4 Å². The minimum atomic E-state index is -0.201. The van der Waals surface area contributed by atoms with Gasteiger partial charge in [-0.2, -0.15) is 10.1 Å². The monoisotopic (exact) mass is 520 g/mol. The van der Waals surface area contributed by atoms with Crippen LogP contribution in [-0.4, -0.2) is 45.5 Å². The molecule has 0 radical (unpaired) electrons. The lowest BCUT2D eigenvalue weighted by molar-refractivity contribution is -0.113. The Kier molecular flexibility index (Phi) is 7.48. The van der Waals surface area contributed by atoms with E-state index in [-0.39, 0.29) is 5.91 Å². The molecule has 2 aliphatic heterocycles. The fraction of sp³-hybridized carbons (Fsp3) is 0.321. The molecular formula is C28H29ClN4O2S. The van der Waals surface area contributed by atoms with Gasteiger partial charge in [-0.05, 0) is 73.4 Å². The first-order valence-corrected chi connectivity index (χ1v) is 13.6. The Hall–Kier alpha value is -3.03. The van der Waals surface area contributed by atoms with Crippen molar-refractivity contribution in [3.05, 3.63) is 70.2 Å². The van der Waals surface area contributed by atoms with Gasteiger partial charge in [0.25, 0.3) is 5.91 Å². The maximum Gasteiger partial charge on any atom is 0.286 e. The summed E-state index contributed by atoms with van der Waals surface area (Å²) in [5, 5.41) is 6.21. The SMILES string of the molecule is CCCOc1ccc(-c2nn(-c3ccccc3)cc2/C=C2\SC(N3CCC[C@H](C)C3)=NC2=O)cc1Cl. The van der Waals surface area contributed by atoms with E-state index >= 15 is 0 Å². The summed E-state index contributed by atoms with van der Waals surface area (Å²) < 4.78 is 7.57. The number of halogens is 1. The Bertz CT molecular complexity index is 1320. The van der Waals surface area contributed by atoms with Crippen molar-refractivity contribution >= 4 is 40.5 Å². The van der Waals surface area contributed by atoms with Crippen LogP contribution in [0.3, 0.4) is 0 Å². The van der Waals surface area contributed by atoms with Crippen LogP contribution in [0.15, 0.2) is 64.6 Å². The van der Waals surface area contributed by atoms with Crippen LogP contribution in [0.2, 0.25) is 5.02 Å². The Balaban J connectivity index is 1.49. The van der Waals surface area contributed by atoms with Crippen LogP contribution in [0.5, 0.6) is 5.75 Å². The summed E-state index contributed by atoms with van der Waals surface area (Å²) in [5.74, 6) is 1.06. The zero-order valence-corrected chi connectivity index (χ0v) is 22.1. The summed E-state index contributed by atoms with van der Waals surface area (Å²) >= 11 is 7.99. The predicted octanol–water partition coefficient (Wildman–Crippen LogP) is 6.68. The molecule has 36 heavy (non-hydrogen) atoms. The molecule has 2 aliphatic rings. The fourth-order valence-electron chi connectivity index (χ4n) is 4.45. The second kappa shape index (κ2) is 10.9. The quantitative estimate of drug-likeness (QED) is 0.339. The van der Waals surface area contributed by atoms with E-state index in [2.05, 4.69) is 23.7 Å². The third-order valence-corrected chi connectivity index (χ3v) is 7.59. The number of nitrogens with zero attached hydrogens (tertiary/aromatic N) is 4. The number of piperidine rings is 1. The van der Waals surface area contributed by atoms with Crippen LogP contribution >= 0.6 is 23.4 Å². The van der Waals surface area contributed by atoms with Crippen molar-refractivity contribution in [2.24, 2.45) is 10.9 Å². The molecular weight excluding hydrogens is 492 g/mol. The van der Waals surface area contributed by atoms with Crippen molar-refractivity contribution in [3.8, 4) is 22.7 Å². The third kappa shape index (κ3) is 5.37. The average molecular weight is 521 g/mol. The highest BCUT2D eigenvalue weighted by Crippen LogP contribution is 2.36. The largest absolute Gasteiger partial charge is 0.492 e. The van der Waals surface area contributed by atoms with E-state index in [1.54, 1.807) is 0 Å². The highest BCUT2D eigenvalue weighted by Gasteiger charge is 2.29. The number of thioether (sulfide) groups is 1. The molecule has 186 valence electrons. The second-order valence-electron chi connectivity index (χ2n) is 9.21.